The third kappa shape index (κ3) is 8.66. The van der Waals surface area contributed by atoms with E-state index in [1.165, 1.54) is 11.8 Å². The summed E-state index contributed by atoms with van der Waals surface area (Å²) in [5, 5.41) is 8.32. The Balaban J connectivity index is 3.49. The fraction of sp³-hybridized carbons (Fsp3) is 0.900. The van der Waals surface area contributed by atoms with E-state index in [0.717, 1.165) is 6.92 Å². The van der Waals surface area contributed by atoms with E-state index in [-0.39, 0.29) is 6.42 Å². The summed E-state index contributed by atoms with van der Waals surface area (Å²) in [4.78, 5) is 10.6. The number of carbonyl (C=O) groups is 1. The molecule has 2 nitrogen and oxygen atoms in total. The minimum absolute atomic E-state index is 0.114. The van der Waals surface area contributed by atoms with Gasteiger partial charge in [0, 0.05) is 6.42 Å². The molecule has 0 aromatic heterocycles. The summed E-state index contributed by atoms with van der Waals surface area (Å²) in [7, 11) is 0. The van der Waals surface area contributed by atoms with Crippen LogP contribution in [0.1, 0.15) is 39.5 Å². The summed E-state index contributed by atoms with van der Waals surface area (Å²) in [5.41, 5.74) is 0. The number of thioether (sulfide) groups is 1. The van der Waals surface area contributed by atoms with Gasteiger partial charge in [-0.15, -0.1) is 11.8 Å². The second-order valence-electron chi connectivity index (χ2n) is 3.63. The molecule has 0 spiro atoms. The fourth-order valence-electron chi connectivity index (χ4n) is 1.13. The normalized spacial score (nSPS) is 13.9. The highest BCUT2D eigenvalue weighted by Crippen LogP contribution is 2.22. The molecule has 0 fully saturated rings. The highest BCUT2D eigenvalue weighted by molar-refractivity contribution is 8.00. The number of hydrogen-bond donors (Lipinski definition) is 1. The molecule has 0 saturated carbocycles. The van der Waals surface area contributed by atoms with Gasteiger partial charge in [0.05, 0.1) is 0 Å². The van der Waals surface area contributed by atoms with Crippen molar-refractivity contribution < 1.29 is 18.7 Å². The first-order valence-corrected chi connectivity index (χ1v) is 6.14. The molecule has 0 aliphatic heterocycles. The molecule has 0 bridgehead atoms. The van der Waals surface area contributed by atoms with Crippen LogP contribution in [0.15, 0.2) is 0 Å². The maximum Gasteiger partial charge on any atom is 0.316 e. The molecule has 1 atom stereocenters. The van der Waals surface area contributed by atoms with E-state index in [4.69, 9.17) is 5.11 Å². The average molecular weight is 240 g/mol. The monoisotopic (exact) mass is 240 g/mol. The van der Waals surface area contributed by atoms with E-state index in [2.05, 4.69) is 0 Å². The van der Waals surface area contributed by atoms with Gasteiger partial charge in [-0.25, -0.2) is 8.78 Å². The highest BCUT2D eigenvalue weighted by Gasteiger charge is 2.20. The predicted octanol–water partition coefficient (Wildman–Crippen LogP) is 3.41. The van der Waals surface area contributed by atoms with Gasteiger partial charge in [0.1, 0.15) is 5.25 Å². The first-order chi connectivity index (χ1) is 6.87. The van der Waals surface area contributed by atoms with Gasteiger partial charge in [-0.05, 0) is 31.9 Å². The smallest absolute Gasteiger partial charge is 0.316 e. The molecule has 0 aliphatic rings. The largest absolute Gasteiger partial charge is 0.480 e. The molecule has 0 aliphatic carbocycles. The molecule has 5 heteroatoms. The van der Waals surface area contributed by atoms with Gasteiger partial charge < -0.3 is 5.11 Å². The van der Waals surface area contributed by atoms with Crippen molar-refractivity contribution in [2.45, 2.75) is 50.7 Å². The number of carboxylic acids is 1. The minimum Gasteiger partial charge on any atom is -0.480 e. The van der Waals surface area contributed by atoms with Crippen LogP contribution in [-0.4, -0.2) is 28.0 Å². The third-order valence-corrected chi connectivity index (χ3v) is 3.44. The SMILES string of the molecule is CCC(SCCCCC(C)(F)F)C(=O)O. The molecule has 0 rings (SSSR count). The molecule has 0 amide bonds. The quantitative estimate of drug-likeness (QED) is 0.661. The lowest BCUT2D eigenvalue weighted by atomic mass is 10.2. The summed E-state index contributed by atoms with van der Waals surface area (Å²) < 4.78 is 24.8. The van der Waals surface area contributed by atoms with E-state index in [1.54, 1.807) is 0 Å². The molecule has 0 heterocycles. The number of unbranched alkanes of at least 4 members (excludes halogenated alkanes) is 1. The highest BCUT2D eigenvalue weighted by atomic mass is 32.2. The zero-order valence-electron chi connectivity index (χ0n) is 9.13. The average Bonchev–Trinajstić information content (AvgIpc) is 2.08. The van der Waals surface area contributed by atoms with Crippen LogP contribution in [0.4, 0.5) is 8.78 Å². The first kappa shape index (κ1) is 14.7. The Labute approximate surface area is 93.4 Å². The summed E-state index contributed by atoms with van der Waals surface area (Å²) in [6.07, 6.45) is 1.56. The summed E-state index contributed by atoms with van der Waals surface area (Å²) >= 11 is 1.34. The number of aliphatic carboxylic acids is 1. The van der Waals surface area contributed by atoms with Gasteiger partial charge in [0.25, 0.3) is 0 Å². The zero-order chi connectivity index (χ0) is 11.9. The standard InChI is InChI=1S/C10H18F2O2S/c1-3-8(9(13)14)15-7-5-4-6-10(2,11)12/h8H,3-7H2,1-2H3,(H,13,14). The Morgan fingerprint density at radius 3 is 2.47 bits per heavy atom. The first-order valence-electron chi connectivity index (χ1n) is 5.09. The second kappa shape index (κ2) is 7.04. The fourth-order valence-corrected chi connectivity index (χ4v) is 2.16. The van der Waals surface area contributed by atoms with Gasteiger partial charge >= 0.3 is 5.97 Å². The van der Waals surface area contributed by atoms with Crippen LogP contribution in [0.3, 0.4) is 0 Å². The summed E-state index contributed by atoms with van der Waals surface area (Å²) in [5.74, 6) is -2.77. The number of halogens is 2. The lowest BCUT2D eigenvalue weighted by Gasteiger charge is -2.11. The third-order valence-electron chi connectivity index (χ3n) is 1.98. The lowest BCUT2D eigenvalue weighted by molar-refractivity contribution is -0.136. The van der Waals surface area contributed by atoms with Gasteiger partial charge in [0.2, 0.25) is 5.92 Å². The van der Waals surface area contributed by atoms with E-state index >= 15 is 0 Å². The molecule has 0 radical (unpaired) electrons. The number of carboxylic acid groups (broad SMARTS) is 1. The zero-order valence-corrected chi connectivity index (χ0v) is 9.95. The van der Waals surface area contributed by atoms with Crippen LogP contribution in [-0.2, 0) is 4.79 Å². The number of hydrogen-bond acceptors (Lipinski definition) is 2. The Bertz CT molecular complexity index is 192. The maximum absolute atomic E-state index is 12.4. The van der Waals surface area contributed by atoms with Crippen molar-refractivity contribution in [2.75, 3.05) is 5.75 Å². The number of alkyl halides is 2. The molecular weight excluding hydrogens is 222 g/mol. The molecule has 0 saturated heterocycles. The Kier molecular flexibility index (Phi) is 6.89. The topological polar surface area (TPSA) is 37.3 Å². The lowest BCUT2D eigenvalue weighted by Crippen LogP contribution is -2.15. The van der Waals surface area contributed by atoms with Crippen LogP contribution in [0.25, 0.3) is 0 Å². The van der Waals surface area contributed by atoms with Crippen LogP contribution in [0, 0.1) is 0 Å². The molecule has 15 heavy (non-hydrogen) atoms. The van der Waals surface area contributed by atoms with Gasteiger partial charge in [-0.2, -0.15) is 0 Å². The van der Waals surface area contributed by atoms with Crippen LogP contribution < -0.4 is 0 Å². The van der Waals surface area contributed by atoms with E-state index in [0.29, 0.717) is 25.0 Å². The maximum atomic E-state index is 12.4. The van der Waals surface area contributed by atoms with E-state index < -0.39 is 17.1 Å². The van der Waals surface area contributed by atoms with E-state index in [1.807, 2.05) is 6.92 Å². The molecule has 90 valence electrons. The van der Waals surface area contributed by atoms with Crippen molar-refractivity contribution in [3.05, 3.63) is 0 Å². The second-order valence-corrected chi connectivity index (χ2v) is 4.94. The van der Waals surface area contributed by atoms with Crippen molar-refractivity contribution in [1.29, 1.82) is 0 Å². The van der Waals surface area contributed by atoms with Crippen molar-refractivity contribution >= 4 is 17.7 Å². The summed E-state index contributed by atoms with van der Waals surface area (Å²) in [6, 6.07) is 0. The predicted molar refractivity (Wildman–Crippen MR) is 58.6 cm³/mol. The van der Waals surface area contributed by atoms with E-state index in [9.17, 15) is 13.6 Å². The van der Waals surface area contributed by atoms with Gasteiger partial charge in [-0.3, -0.25) is 4.79 Å². The minimum atomic E-state index is -2.60. The van der Waals surface area contributed by atoms with Crippen molar-refractivity contribution in [3.63, 3.8) is 0 Å². The molecular formula is C10H18F2O2S. The van der Waals surface area contributed by atoms with Gasteiger partial charge in [-0.1, -0.05) is 6.92 Å². The Morgan fingerprint density at radius 2 is 2.07 bits per heavy atom. The molecule has 1 unspecified atom stereocenters. The summed E-state index contributed by atoms with van der Waals surface area (Å²) in [6.45, 7) is 2.72. The van der Waals surface area contributed by atoms with Crippen LogP contribution >= 0.6 is 11.8 Å². The van der Waals surface area contributed by atoms with Gasteiger partial charge in [0.15, 0.2) is 0 Å². The Hall–Kier alpha value is -0.320. The van der Waals surface area contributed by atoms with Crippen LogP contribution in [0.2, 0.25) is 0 Å². The van der Waals surface area contributed by atoms with Crippen molar-refractivity contribution in [2.24, 2.45) is 0 Å². The Morgan fingerprint density at radius 1 is 1.47 bits per heavy atom. The van der Waals surface area contributed by atoms with Crippen molar-refractivity contribution in [3.8, 4) is 0 Å². The number of rotatable bonds is 8. The van der Waals surface area contributed by atoms with Crippen LogP contribution in [0.5, 0.6) is 0 Å². The molecule has 0 aromatic carbocycles. The molecule has 0 aromatic rings. The van der Waals surface area contributed by atoms with Crippen molar-refractivity contribution in [1.82, 2.24) is 0 Å². The molecule has 1 N–H and O–H groups in total.